The van der Waals surface area contributed by atoms with Gasteiger partial charge in [-0.1, -0.05) is 12.1 Å². The van der Waals surface area contributed by atoms with Crippen LogP contribution in [-0.4, -0.2) is 64.0 Å². The Labute approximate surface area is 227 Å². The molecule has 1 unspecified atom stereocenters. The van der Waals surface area contributed by atoms with Crippen molar-refractivity contribution in [1.82, 2.24) is 14.3 Å². The van der Waals surface area contributed by atoms with Crippen LogP contribution in [0.5, 0.6) is 17.2 Å². The van der Waals surface area contributed by atoms with Crippen LogP contribution in [0.2, 0.25) is 0 Å². The smallest absolute Gasteiger partial charge is 0.306 e. The third-order valence-corrected chi connectivity index (χ3v) is 6.43. The second-order valence-corrected chi connectivity index (χ2v) is 9.05. The molecule has 0 bridgehead atoms. The molecule has 1 atom stereocenters. The van der Waals surface area contributed by atoms with Crippen molar-refractivity contribution < 1.29 is 36.9 Å². The number of rotatable bonds is 13. The molecule has 0 aliphatic carbocycles. The Morgan fingerprint density at radius 3 is 2.38 bits per heavy atom. The minimum atomic E-state index is -2.37. The van der Waals surface area contributed by atoms with E-state index < -0.39 is 23.1 Å². The molecule has 0 spiro atoms. The van der Waals surface area contributed by atoms with Crippen LogP contribution in [0.3, 0.4) is 0 Å². The predicted molar refractivity (Wildman–Crippen MR) is 144 cm³/mol. The number of nitrogens with zero attached hydrogens (tertiary/aromatic N) is 3. The standard InChI is InChI=1S/C25H30FN5O7S/c1-15-7-6-8-19(17(15)14-31(39(33)34)10-9-22(32)37-4)29-24-18(26)13-27-25(30-24)28-16-11-20(35-2)23(38-5)21(12-16)36-3/h6-8,11-13H,9-10,14H2,1-5H3,(H,33,34)(H2,27,28,29,30). The van der Waals surface area contributed by atoms with E-state index in [0.717, 1.165) is 11.8 Å². The molecule has 0 radical (unpaired) electrons. The minimum Gasteiger partial charge on any atom is -0.493 e. The first-order valence-electron chi connectivity index (χ1n) is 11.6. The van der Waals surface area contributed by atoms with Gasteiger partial charge in [0, 0.05) is 36.6 Å². The van der Waals surface area contributed by atoms with Gasteiger partial charge in [0.25, 0.3) is 0 Å². The fraction of sp³-hybridized carbons (Fsp3) is 0.320. The first-order valence-corrected chi connectivity index (χ1v) is 12.6. The minimum absolute atomic E-state index is 0.00163. The summed E-state index contributed by atoms with van der Waals surface area (Å²) in [5.41, 5.74) is 2.35. The molecule has 1 aromatic heterocycles. The molecule has 3 aromatic rings. The van der Waals surface area contributed by atoms with Crippen molar-refractivity contribution in [1.29, 1.82) is 0 Å². The number of esters is 1. The van der Waals surface area contributed by atoms with Crippen LogP contribution < -0.4 is 24.8 Å². The molecular formula is C25H30FN5O7S. The molecule has 0 aliphatic heterocycles. The number of carbonyl (C=O) groups is 1. The number of nitrogens with one attached hydrogen (secondary N) is 2. The van der Waals surface area contributed by atoms with Gasteiger partial charge in [-0.3, -0.25) is 9.35 Å². The Morgan fingerprint density at radius 2 is 1.79 bits per heavy atom. The van der Waals surface area contributed by atoms with E-state index in [2.05, 4.69) is 25.3 Å². The summed E-state index contributed by atoms with van der Waals surface area (Å²) in [5.74, 6) is -0.0552. The van der Waals surface area contributed by atoms with E-state index >= 15 is 0 Å². The predicted octanol–water partition coefficient (Wildman–Crippen LogP) is 3.94. The Hall–Kier alpha value is -4.01. The van der Waals surface area contributed by atoms with Gasteiger partial charge in [-0.05, 0) is 24.1 Å². The number of halogens is 1. The van der Waals surface area contributed by atoms with Crippen LogP contribution in [0.15, 0.2) is 36.5 Å². The Kier molecular flexibility index (Phi) is 10.4. The number of benzene rings is 2. The molecule has 3 rings (SSSR count). The zero-order chi connectivity index (χ0) is 28.5. The maximum Gasteiger partial charge on any atom is 0.306 e. The molecule has 12 nitrogen and oxygen atoms in total. The lowest BCUT2D eigenvalue weighted by Crippen LogP contribution is -2.28. The Bertz CT molecular complexity index is 1320. The third-order valence-electron chi connectivity index (χ3n) is 5.68. The van der Waals surface area contributed by atoms with E-state index in [1.807, 2.05) is 13.0 Å². The van der Waals surface area contributed by atoms with Gasteiger partial charge in [-0.2, -0.15) is 9.29 Å². The third kappa shape index (κ3) is 7.52. The van der Waals surface area contributed by atoms with Gasteiger partial charge in [0.05, 0.1) is 41.1 Å². The van der Waals surface area contributed by atoms with Gasteiger partial charge < -0.3 is 29.6 Å². The number of hydrogen-bond donors (Lipinski definition) is 3. The molecule has 14 heteroatoms. The van der Waals surface area contributed by atoms with Crippen molar-refractivity contribution >= 4 is 40.4 Å². The molecule has 1 heterocycles. The van der Waals surface area contributed by atoms with E-state index in [4.69, 9.17) is 14.2 Å². The van der Waals surface area contributed by atoms with Crippen molar-refractivity contribution in [2.45, 2.75) is 19.9 Å². The molecule has 2 aromatic carbocycles. The molecule has 210 valence electrons. The fourth-order valence-corrected chi connectivity index (χ4v) is 4.15. The number of aryl methyl sites for hydroxylation is 1. The summed E-state index contributed by atoms with van der Waals surface area (Å²) in [6.07, 6.45) is 0.935. The van der Waals surface area contributed by atoms with E-state index in [0.29, 0.717) is 34.2 Å². The average Bonchev–Trinajstić information content (AvgIpc) is 2.92. The molecule has 0 saturated heterocycles. The monoisotopic (exact) mass is 563 g/mol. The number of ether oxygens (including phenoxy) is 4. The van der Waals surface area contributed by atoms with Crippen LogP contribution in [0, 0.1) is 12.7 Å². The van der Waals surface area contributed by atoms with Crippen LogP contribution in [0.25, 0.3) is 0 Å². The van der Waals surface area contributed by atoms with Gasteiger partial charge in [0.2, 0.25) is 23.0 Å². The molecule has 39 heavy (non-hydrogen) atoms. The van der Waals surface area contributed by atoms with Crippen LogP contribution in [0.1, 0.15) is 17.5 Å². The quantitative estimate of drug-likeness (QED) is 0.205. The molecule has 0 fully saturated rings. The SMILES string of the molecule is COC(=O)CCN(Cc1c(C)cccc1Nc1nc(Nc2cc(OC)c(OC)c(OC)c2)ncc1F)S(=O)O. The van der Waals surface area contributed by atoms with E-state index in [-0.39, 0.29) is 31.3 Å². The van der Waals surface area contributed by atoms with Crippen LogP contribution >= 0.6 is 0 Å². The Balaban J connectivity index is 1.89. The Morgan fingerprint density at radius 1 is 1.10 bits per heavy atom. The van der Waals surface area contributed by atoms with Crippen LogP contribution in [-0.2, 0) is 27.3 Å². The summed E-state index contributed by atoms with van der Waals surface area (Å²) in [6, 6.07) is 8.56. The second kappa shape index (κ2) is 13.7. The topological polar surface area (TPSA) is 144 Å². The van der Waals surface area contributed by atoms with Crippen molar-refractivity contribution in [3.8, 4) is 17.2 Å². The highest BCUT2D eigenvalue weighted by Crippen LogP contribution is 2.40. The maximum absolute atomic E-state index is 14.8. The summed E-state index contributed by atoms with van der Waals surface area (Å²) in [4.78, 5) is 19.8. The molecule has 0 aliphatic rings. The number of anilines is 4. The first-order chi connectivity index (χ1) is 18.7. The fourth-order valence-electron chi connectivity index (χ4n) is 3.66. The van der Waals surface area contributed by atoms with Crippen molar-refractivity contribution in [2.24, 2.45) is 0 Å². The zero-order valence-corrected chi connectivity index (χ0v) is 22.9. The van der Waals surface area contributed by atoms with Crippen LogP contribution in [0.4, 0.5) is 27.5 Å². The van der Waals surface area contributed by atoms with Gasteiger partial charge in [-0.25, -0.2) is 13.6 Å². The van der Waals surface area contributed by atoms with Crippen molar-refractivity contribution in [3.63, 3.8) is 0 Å². The lowest BCUT2D eigenvalue weighted by Gasteiger charge is -2.21. The lowest BCUT2D eigenvalue weighted by molar-refractivity contribution is -0.140. The summed E-state index contributed by atoms with van der Waals surface area (Å²) >= 11 is -2.37. The summed E-state index contributed by atoms with van der Waals surface area (Å²) in [7, 11) is 5.71. The normalized spacial score (nSPS) is 11.6. The molecule has 0 saturated carbocycles. The van der Waals surface area contributed by atoms with E-state index in [1.165, 1.54) is 32.7 Å². The largest absolute Gasteiger partial charge is 0.493 e. The average molecular weight is 564 g/mol. The number of carbonyl (C=O) groups excluding carboxylic acids is 1. The van der Waals surface area contributed by atoms with Gasteiger partial charge in [0.15, 0.2) is 23.1 Å². The zero-order valence-electron chi connectivity index (χ0n) is 22.1. The number of aromatic nitrogens is 2. The lowest BCUT2D eigenvalue weighted by atomic mass is 10.1. The molecular weight excluding hydrogens is 533 g/mol. The summed E-state index contributed by atoms with van der Waals surface area (Å²) < 4.78 is 58.4. The highest BCUT2D eigenvalue weighted by atomic mass is 32.2. The van der Waals surface area contributed by atoms with Crippen molar-refractivity contribution in [3.05, 3.63) is 53.5 Å². The van der Waals surface area contributed by atoms with E-state index in [1.54, 1.807) is 24.3 Å². The van der Waals surface area contributed by atoms with Crippen molar-refractivity contribution in [2.75, 3.05) is 45.6 Å². The van der Waals surface area contributed by atoms with Gasteiger partial charge in [-0.15, -0.1) is 0 Å². The summed E-state index contributed by atoms with van der Waals surface area (Å²) in [6.45, 7) is 1.79. The number of hydrogen-bond acceptors (Lipinski definition) is 10. The number of methoxy groups -OCH3 is 4. The molecule has 0 amide bonds. The highest BCUT2D eigenvalue weighted by Gasteiger charge is 2.19. The van der Waals surface area contributed by atoms with Gasteiger partial charge >= 0.3 is 5.97 Å². The van der Waals surface area contributed by atoms with E-state index in [9.17, 15) is 17.9 Å². The van der Waals surface area contributed by atoms with Gasteiger partial charge in [0.1, 0.15) is 0 Å². The maximum atomic E-state index is 14.8. The summed E-state index contributed by atoms with van der Waals surface area (Å²) in [5, 5.41) is 5.95. The highest BCUT2D eigenvalue weighted by molar-refractivity contribution is 7.76. The second-order valence-electron chi connectivity index (χ2n) is 8.08. The first kappa shape index (κ1) is 29.5. The molecule has 3 N–H and O–H groups in total.